The lowest BCUT2D eigenvalue weighted by Gasteiger charge is -2.47. The van der Waals surface area contributed by atoms with Gasteiger partial charge in [-0.1, -0.05) is 83.3 Å². The van der Waals surface area contributed by atoms with Gasteiger partial charge >= 0.3 is 0 Å². The molecule has 3 heterocycles. The molecule has 2 bridgehead atoms. The number of carbonyl (C=O) groups is 1. The van der Waals surface area contributed by atoms with Gasteiger partial charge in [-0.25, -0.2) is 0 Å². The number of nitrogens with zero attached hydrogens (tertiary/aromatic N) is 2. The number of hydrogen-bond acceptors (Lipinski definition) is 3. The Labute approximate surface area is 207 Å². The second-order valence-electron chi connectivity index (χ2n) is 8.98. The summed E-state index contributed by atoms with van der Waals surface area (Å²) in [5.41, 5.74) is 1.96. The first-order valence-electron chi connectivity index (χ1n) is 11.1. The molecule has 5 nitrogen and oxygen atoms in total. The number of piperidine rings is 1. The highest BCUT2D eigenvalue weighted by molar-refractivity contribution is 6.68. The zero-order chi connectivity index (χ0) is 23.2. The molecule has 8 heteroatoms. The van der Waals surface area contributed by atoms with Crippen molar-refractivity contribution in [3.05, 3.63) is 82.3 Å². The van der Waals surface area contributed by atoms with Crippen LogP contribution in [0.4, 0.5) is 0 Å². The smallest absolute Gasteiger partial charge is 0.250 e. The number of carbonyl (C=O) groups excluding carboxylic acids is 1. The van der Waals surface area contributed by atoms with E-state index in [9.17, 15) is 9.59 Å². The minimum absolute atomic E-state index is 0.0250. The molecule has 172 valence electrons. The Kier molecular flexibility index (Phi) is 6.17. The molecule has 3 atom stereocenters. The van der Waals surface area contributed by atoms with Crippen molar-refractivity contribution < 1.29 is 4.79 Å². The van der Waals surface area contributed by atoms with Crippen LogP contribution in [-0.2, 0) is 17.8 Å². The highest BCUT2D eigenvalue weighted by Crippen LogP contribution is 2.40. The molecule has 0 spiro atoms. The fourth-order valence-corrected chi connectivity index (χ4v) is 5.93. The van der Waals surface area contributed by atoms with Gasteiger partial charge in [0.1, 0.15) is 6.17 Å². The molecule has 0 unspecified atom stereocenters. The van der Waals surface area contributed by atoms with E-state index < -0.39 is 9.96 Å². The summed E-state index contributed by atoms with van der Waals surface area (Å²) in [6.45, 7) is 1.88. The number of fused-ring (bicyclic) bond motifs is 5. The van der Waals surface area contributed by atoms with E-state index in [-0.39, 0.29) is 29.7 Å². The fourth-order valence-electron chi connectivity index (χ4n) is 5.35. The van der Waals surface area contributed by atoms with Crippen molar-refractivity contribution in [1.82, 2.24) is 14.8 Å². The Morgan fingerprint density at radius 1 is 1.00 bits per heavy atom. The van der Waals surface area contributed by atoms with Crippen LogP contribution >= 0.6 is 34.8 Å². The number of pyridine rings is 1. The van der Waals surface area contributed by atoms with Gasteiger partial charge in [-0.15, -0.1) is 0 Å². The van der Waals surface area contributed by atoms with Gasteiger partial charge in [0.15, 0.2) is 0 Å². The van der Waals surface area contributed by atoms with Crippen LogP contribution in [0.3, 0.4) is 0 Å². The third-order valence-electron chi connectivity index (χ3n) is 6.71. The Morgan fingerprint density at radius 2 is 1.76 bits per heavy atom. The lowest BCUT2D eigenvalue weighted by atomic mass is 9.83. The first-order chi connectivity index (χ1) is 15.8. The lowest BCUT2D eigenvalue weighted by molar-refractivity contribution is -0.122. The van der Waals surface area contributed by atoms with E-state index >= 15 is 0 Å². The number of benzene rings is 2. The van der Waals surface area contributed by atoms with E-state index in [2.05, 4.69) is 5.32 Å². The van der Waals surface area contributed by atoms with Crippen molar-refractivity contribution in [3.8, 4) is 0 Å². The number of halogens is 3. The van der Waals surface area contributed by atoms with Gasteiger partial charge in [-0.3, -0.25) is 14.5 Å². The predicted octanol–water partition coefficient (Wildman–Crippen LogP) is 4.48. The molecular weight excluding hydrogens is 481 g/mol. The number of amides is 1. The fraction of sp³-hybridized carbons (Fsp3) is 0.360. The number of nitrogens with one attached hydrogen (secondary N) is 1. The topological polar surface area (TPSA) is 54.3 Å². The van der Waals surface area contributed by atoms with Gasteiger partial charge in [-0.2, -0.15) is 0 Å². The molecule has 5 rings (SSSR count). The summed E-state index contributed by atoms with van der Waals surface area (Å²) < 4.78 is 0.163. The molecule has 2 aromatic carbocycles. The van der Waals surface area contributed by atoms with E-state index in [0.29, 0.717) is 19.6 Å². The van der Waals surface area contributed by atoms with Crippen molar-refractivity contribution in [3.63, 3.8) is 0 Å². The van der Waals surface area contributed by atoms with Crippen LogP contribution in [0.2, 0.25) is 0 Å². The molecule has 1 saturated heterocycles. The van der Waals surface area contributed by atoms with Crippen molar-refractivity contribution in [2.75, 3.05) is 13.1 Å². The third-order valence-corrected chi connectivity index (χ3v) is 7.33. The van der Waals surface area contributed by atoms with Gasteiger partial charge in [0, 0.05) is 37.3 Å². The van der Waals surface area contributed by atoms with E-state index in [1.54, 1.807) is 12.1 Å². The van der Waals surface area contributed by atoms with Gasteiger partial charge < -0.3 is 9.88 Å². The zero-order valence-corrected chi connectivity index (χ0v) is 20.2. The minimum atomic E-state index is -1.70. The Morgan fingerprint density at radius 3 is 2.58 bits per heavy atom. The zero-order valence-electron chi connectivity index (χ0n) is 17.9. The predicted molar refractivity (Wildman–Crippen MR) is 133 cm³/mol. The average molecular weight is 505 g/mol. The summed E-state index contributed by atoms with van der Waals surface area (Å²) in [6, 6.07) is 19.3. The summed E-state index contributed by atoms with van der Waals surface area (Å²) in [7, 11) is 0. The summed E-state index contributed by atoms with van der Waals surface area (Å²) in [5, 5.41) is 5.11. The second kappa shape index (κ2) is 8.95. The van der Waals surface area contributed by atoms with Crippen LogP contribution in [0.25, 0.3) is 10.8 Å². The van der Waals surface area contributed by atoms with Crippen LogP contribution in [-0.4, -0.2) is 38.4 Å². The Hall–Kier alpha value is -2.05. The molecule has 1 N–H and O–H groups in total. The third kappa shape index (κ3) is 4.65. The van der Waals surface area contributed by atoms with Crippen molar-refractivity contribution >= 4 is 51.5 Å². The molecule has 33 heavy (non-hydrogen) atoms. The second-order valence-corrected chi connectivity index (χ2v) is 11.3. The molecule has 1 amide bonds. The molecule has 2 aliphatic rings. The van der Waals surface area contributed by atoms with Crippen LogP contribution in [0.5, 0.6) is 0 Å². The van der Waals surface area contributed by atoms with E-state index in [0.717, 1.165) is 28.5 Å². The molecular formula is C25H24Cl3N3O2. The van der Waals surface area contributed by atoms with E-state index in [1.165, 1.54) is 0 Å². The summed E-state index contributed by atoms with van der Waals surface area (Å²) in [4.78, 5) is 27.4. The lowest BCUT2D eigenvalue weighted by Crippen LogP contribution is -2.60. The molecule has 0 aliphatic carbocycles. The average Bonchev–Trinajstić information content (AvgIpc) is 2.78. The van der Waals surface area contributed by atoms with Crippen molar-refractivity contribution in [1.29, 1.82) is 0 Å². The first kappa shape index (κ1) is 22.7. The maximum Gasteiger partial charge on any atom is 0.250 e. The van der Waals surface area contributed by atoms with E-state index in [1.807, 2.05) is 58.0 Å². The molecule has 3 aromatic rings. The normalized spacial score (nSPS) is 21.4. The van der Waals surface area contributed by atoms with Crippen LogP contribution in [0, 0.1) is 5.92 Å². The SMILES string of the molecule is O=C(Cc1cccc2ccccc12)N[C@@H](N1C[C@H]2C[C@H](C1)c1cccc(=O)n1C2)C(Cl)(Cl)Cl. The first-order valence-corrected chi connectivity index (χ1v) is 12.2. The van der Waals surface area contributed by atoms with Crippen molar-refractivity contribution in [2.45, 2.75) is 35.3 Å². The number of alkyl halides is 3. The highest BCUT2D eigenvalue weighted by atomic mass is 35.6. The largest absolute Gasteiger partial charge is 0.336 e. The maximum absolute atomic E-state index is 13.1. The Bertz CT molecular complexity index is 1250. The van der Waals surface area contributed by atoms with Gasteiger partial charge in [0.2, 0.25) is 9.70 Å². The number of likely N-dealkylation sites (tertiary alicyclic amines) is 1. The van der Waals surface area contributed by atoms with Crippen LogP contribution in [0.15, 0.2) is 65.5 Å². The minimum Gasteiger partial charge on any atom is -0.336 e. The van der Waals surface area contributed by atoms with Crippen molar-refractivity contribution in [2.24, 2.45) is 5.92 Å². The molecule has 0 radical (unpaired) electrons. The number of rotatable bonds is 4. The quantitative estimate of drug-likeness (QED) is 0.533. The Balaban J connectivity index is 1.36. The van der Waals surface area contributed by atoms with Gasteiger partial charge in [-0.05, 0) is 34.7 Å². The number of aromatic nitrogens is 1. The molecule has 0 saturated carbocycles. The highest BCUT2D eigenvalue weighted by Gasteiger charge is 2.44. The monoisotopic (exact) mass is 503 g/mol. The van der Waals surface area contributed by atoms with Gasteiger partial charge in [0.05, 0.1) is 6.42 Å². The summed E-state index contributed by atoms with van der Waals surface area (Å²) in [5.74, 6) is 0.201. The summed E-state index contributed by atoms with van der Waals surface area (Å²) in [6.07, 6.45) is 0.408. The molecule has 1 aromatic heterocycles. The molecule has 1 fully saturated rings. The summed E-state index contributed by atoms with van der Waals surface area (Å²) >= 11 is 19.1. The molecule has 2 aliphatic heterocycles. The number of hydrogen-bond donors (Lipinski definition) is 1. The van der Waals surface area contributed by atoms with Crippen LogP contribution in [0.1, 0.15) is 23.6 Å². The van der Waals surface area contributed by atoms with E-state index in [4.69, 9.17) is 34.8 Å². The standard InChI is InChI=1S/C25H24Cl3N3O2/c26-25(27,28)24(29-22(32)12-18-7-3-6-17-5-1-2-8-20(17)18)30-13-16-11-19(15-30)21-9-4-10-23(33)31(21)14-16/h1-10,16,19,24H,11-15H2,(H,29,32)/t16-,19-,24+/m1/s1. The van der Waals surface area contributed by atoms with Gasteiger partial charge in [0.25, 0.3) is 5.56 Å². The van der Waals surface area contributed by atoms with Crippen LogP contribution < -0.4 is 10.9 Å². The maximum atomic E-state index is 13.1.